The van der Waals surface area contributed by atoms with Crippen LogP contribution in [0.25, 0.3) is 22.1 Å². The van der Waals surface area contributed by atoms with E-state index in [4.69, 9.17) is 16.0 Å². The molecule has 3 rings (SSSR count). The molecule has 1 heterocycles. The second-order valence-electron chi connectivity index (χ2n) is 9.06. The highest BCUT2D eigenvalue weighted by Crippen LogP contribution is 2.39. The first-order valence-electron chi connectivity index (χ1n) is 10.8. The Balaban J connectivity index is 2.27. The predicted octanol–water partition coefficient (Wildman–Crippen LogP) is 6.95. The molecule has 0 unspecified atom stereocenters. The lowest BCUT2D eigenvalue weighted by Gasteiger charge is -2.27. The summed E-state index contributed by atoms with van der Waals surface area (Å²) in [5.74, 6) is -1.01. The van der Waals surface area contributed by atoms with Gasteiger partial charge < -0.3 is 9.52 Å². The maximum Gasteiger partial charge on any atom is 0.450 e. The molecule has 0 aliphatic carbocycles. The van der Waals surface area contributed by atoms with E-state index >= 15 is 0 Å². The van der Waals surface area contributed by atoms with Gasteiger partial charge in [-0.3, -0.25) is 9.69 Å². The van der Waals surface area contributed by atoms with Crippen molar-refractivity contribution in [2.24, 2.45) is 11.8 Å². The number of halogens is 4. The largest absolute Gasteiger partial charge is 0.507 e. The van der Waals surface area contributed by atoms with Crippen LogP contribution in [0.4, 0.5) is 13.2 Å². The first-order chi connectivity index (χ1) is 15.4. The maximum absolute atomic E-state index is 14.0. The number of hydrogen-bond donors (Lipinski definition) is 1. The van der Waals surface area contributed by atoms with Crippen LogP contribution in [0.2, 0.25) is 5.02 Å². The molecule has 0 atom stereocenters. The van der Waals surface area contributed by atoms with Crippen LogP contribution >= 0.6 is 11.6 Å². The van der Waals surface area contributed by atoms with Crippen LogP contribution in [0, 0.1) is 11.8 Å². The Labute approximate surface area is 195 Å². The topological polar surface area (TPSA) is 53.7 Å². The van der Waals surface area contributed by atoms with Gasteiger partial charge in [-0.2, -0.15) is 13.2 Å². The third-order valence-corrected chi connectivity index (χ3v) is 5.41. The molecule has 0 amide bonds. The predicted molar refractivity (Wildman–Crippen MR) is 125 cm³/mol. The van der Waals surface area contributed by atoms with Crippen molar-refractivity contribution in [3.8, 4) is 16.9 Å². The van der Waals surface area contributed by atoms with Crippen molar-refractivity contribution < 1.29 is 22.7 Å². The third kappa shape index (κ3) is 5.71. The smallest absolute Gasteiger partial charge is 0.450 e. The Morgan fingerprint density at radius 3 is 2.09 bits per heavy atom. The van der Waals surface area contributed by atoms with Crippen LogP contribution in [-0.2, 0) is 12.7 Å². The molecule has 8 heteroatoms. The van der Waals surface area contributed by atoms with E-state index in [2.05, 4.69) is 0 Å². The van der Waals surface area contributed by atoms with Crippen molar-refractivity contribution in [1.29, 1.82) is 0 Å². The van der Waals surface area contributed by atoms with E-state index in [1.807, 2.05) is 32.6 Å². The van der Waals surface area contributed by atoms with Gasteiger partial charge in [0.1, 0.15) is 11.3 Å². The minimum Gasteiger partial charge on any atom is -0.507 e. The van der Waals surface area contributed by atoms with Crippen molar-refractivity contribution >= 4 is 22.6 Å². The number of hydrogen-bond acceptors (Lipinski definition) is 4. The van der Waals surface area contributed by atoms with E-state index in [0.717, 1.165) is 0 Å². The molecule has 2 aromatic carbocycles. The summed E-state index contributed by atoms with van der Waals surface area (Å²) in [6.07, 6.45) is -4.92. The molecule has 1 N–H and O–H groups in total. The van der Waals surface area contributed by atoms with E-state index in [-0.39, 0.29) is 34.4 Å². The maximum atomic E-state index is 14.0. The summed E-state index contributed by atoms with van der Waals surface area (Å²) in [7, 11) is 0. The van der Waals surface area contributed by atoms with Crippen LogP contribution in [-0.4, -0.2) is 23.1 Å². The molecular weight excluding hydrogens is 455 g/mol. The van der Waals surface area contributed by atoms with E-state index in [9.17, 15) is 23.1 Å². The summed E-state index contributed by atoms with van der Waals surface area (Å²) in [6.45, 7) is 9.65. The first-order valence-corrected chi connectivity index (χ1v) is 11.1. The molecule has 3 aromatic rings. The van der Waals surface area contributed by atoms with Crippen molar-refractivity contribution in [3.05, 3.63) is 63.0 Å². The fourth-order valence-corrected chi connectivity index (χ4v) is 4.12. The zero-order valence-electron chi connectivity index (χ0n) is 19.0. The zero-order valence-corrected chi connectivity index (χ0v) is 19.7. The lowest BCUT2D eigenvalue weighted by molar-refractivity contribution is -0.152. The van der Waals surface area contributed by atoms with Gasteiger partial charge in [-0.15, -0.1) is 0 Å². The number of aromatic hydroxyl groups is 1. The van der Waals surface area contributed by atoms with Gasteiger partial charge in [0.25, 0.3) is 0 Å². The molecule has 178 valence electrons. The number of nitrogens with zero attached hydrogens (tertiary/aromatic N) is 1. The van der Waals surface area contributed by atoms with Crippen LogP contribution in [0.3, 0.4) is 0 Å². The van der Waals surface area contributed by atoms with Gasteiger partial charge in [-0.1, -0.05) is 51.4 Å². The lowest BCUT2D eigenvalue weighted by Crippen LogP contribution is -2.31. The van der Waals surface area contributed by atoms with E-state index < -0.39 is 22.9 Å². The van der Waals surface area contributed by atoms with Crippen LogP contribution < -0.4 is 5.43 Å². The summed E-state index contributed by atoms with van der Waals surface area (Å²) in [5.41, 5.74) is -1.42. The van der Waals surface area contributed by atoms with Crippen molar-refractivity contribution in [1.82, 2.24) is 4.90 Å². The molecule has 0 bridgehead atoms. The van der Waals surface area contributed by atoms with E-state index in [0.29, 0.717) is 29.9 Å². The highest BCUT2D eigenvalue weighted by molar-refractivity contribution is 6.30. The number of phenols is 1. The minimum absolute atomic E-state index is 0.0187. The molecule has 0 saturated carbocycles. The van der Waals surface area contributed by atoms with Crippen molar-refractivity contribution in [3.63, 3.8) is 0 Å². The number of phenolic OH excluding ortho intramolecular Hbond substituents is 1. The highest BCUT2D eigenvalue weighted by Gasteiger charge is 2.40. The summed E-state index contributed by atoms with van der Waals surface area (Å²) in [5, 5.41) is 10.9. The standard InChI is InChI=1S/C25H27ClF3NO3/c1-14(2)11-30(12-15(3)4)13-19-20(31)10-9-18-22(32)21(16-5-7-17(26)8-6-16)24(25(27,28)29)33-23(18)19/h5-10,14-15,31H,11-13H2,1-4H3. The average Bonchev–Trinajstić information content (AvgIpc) is 2.69. The van der Waals surface area contributed by atoms with Crippen LogP contribution in [0.15, 0.2) is 45.6 Å². The normalized spacial score (nSPS) is 12.5. The molecule has 33 heavy (non-hydrogen) atoms. The number of benzene rings is 2. The monoisotopic (exact) mass is 481 g/mol. The van der Waals surface area contributed by atoms with Crippen LogP contribution in [0.5, 0.6) is 5.75 Å². The summed E-state index contributed by atoms with van der Waals surface area (Å²) in [6, 6.07) is 8.16. The zero-order chi connectivity index (χ0) is 24.5. The Kier molecular flexibility index (Phi) is 7.44. The quantitative estimate of drug-likeness (QED) is 0.396. The number of rotatable bonds is 7. The van der Waals surface area contributed by atoms with Crippen molar-refractivity contribution in [2.45, 2.75) is 40.4 Å². The summed E-state index contributed by atoms with van der Waals surface area (Å²) >= 11 is 5.87. The molecule has 4 nitrogen and oxygen atoms in total. The number of alkyl halides is 3. The molecule has 1 aromatic heterocycles. The summed E-state index contributed by atoms with van der Waals surface area (Å²) < 4.78 is 47.5. The van der Waals surface area contributed by atoms with Gasteiger partial charge in [0.2, 0.25) is 11.2 Å². The molecule has 0 aliphatic rings. The molecule has 0 spiro atoms. The third-order valence-electron chi connectivity index (χ3n) is 5.16. The van der Waals surface area contributed by atoms with Gasteiger partial charge in [0.15, 0.2) is 0 Å². The van der Waals surface area contributed by atoms with E-state index in [1.54, 1.807) is 0 Å². The second kappa shape index (κ2) is 9.77. The van der Waals surface area contributed by atoms with Crippen molar-refractivity contribution in [2.75, 3.05) is 13.1 Å². The van der Waals surface area contributed by atoms with Gasteiger partial charge in [0.05, 0.1) is 16.5 Å². The van der Waals surface area contributed by atoms with Gasteiger partial charge in [-0.25, -0.2) is 0 Å². The fraction of sp³-hybridized carbons (Fsp3) is 0.400. The second-order valence-corrected chi connectivity index (χ2v) is 9.50. The molecule has 0 aliphatic heterocycles. The Hall–Kier alpha value is -2.51. The minimum atomic E-state index is -4.92. The molecule has 0 saturated heterocycles. The van der Waals surface area contributed by atoms with Crippen LogP contribution in [0.1, 0.15) is 39.0 Å². The van der Waals surface area contributed by atoms with E-state index in [1.165, 1.54) is 36.4 Å². The molecular formula is C25H27ClF3NO3. The highest BCUT2D eigenvalue weighted by atomic mass is 35.5. The fourth-order valence-electron chi connectivity index (χ4n) is 3.99. The first kappa shape index (κ1) is 25.1. The van der Waals surface area contributed by atoms with Gasteiger partial charge in [-0.05, 0) is 41.7 Å². The lowest BCUT2D eigenvalue weighted by atomic mass is 10.00. The Bertz CT molecular complexity index is 1170. The average molecular weight is 482 g/mol. The number of fused-ring (bicyclic) bond motifs is 1. The molecule has 0 radical (unpaired) electrons. The summed E-state index contributed by atoms with van der Waals surface area (Å²) in [4.78, 5) is 15.3. The molecule has 0 fully saturated rings. The Morgan fingerprint density at radius 1 is 1.00 bits per heavy atom. The van der Waals surface area contributed by atoms with Gasteiger partial charge >= 0.3 is 6.18 Å². The SMILES string of the molecule is CC(C)CN(Cc1c(O)ccc2c(=O)c(-c3ccc(Cl)cc3)c(C(F)(F)F)oc12)CC(C)C. The Morgan fingerprint density at radius 2 is 1.58 bits per heavy atom. The van der Waals surface area contributed by atoms with Gasteiger partial charge in [0, 0.05) is 24.7 Å².